The second-order valence-corrected chi connectivity index (χ2v) is 8.40. The number of carbonyl (C=O) groups excluding carboxylic acids is 1. The Morgan fingerprint density at radius 1 is 0.933 bits per heavy atom. The average Bonchev–Trinajstić information content (AvgIpc) is 2.73. The van der Waals surface area contributed by atoms with Crippen LogP contribution in [0.3, 0.4) is 0 Å². The van der Waals surface area contributed by atoms with Crippen LogP contribution in [-0.2, 0) is 6.61 Å². The van der Waals surface area contributed by atoms with Crippen LogP contribution in [0.5, 0.6) is 11.5 Å². The summed E-state index contributed by atoms with van der Waals surface area (Å²) in [6.07, 6.45) is 3.21. The molecule has 0 aromatic heterocycles. The summed E-state index contributed by atoms with van der Waals surface area (Å²) in [6, 6.07) is 15.8. The Morgan fingerprint density at radius 3 is 2.40 bits per heavy atom. The fourth-order valence-corrected chi connectivity index (χ4v) is 3.71. The monoisotopic (exact) mass is 524 g/mol. The number of allylic oxidation sites excluding steroid dienone is 1. The first kappa shape index (κ1) is 22.7. The minimum Gasteiger partial charge on any atom is -0.496 e. The van der Waals surface area contributed by atoms with E-state index in [0.717, 1.165) is 15.6 Å². The molecule has 3 aromatic carbocycles. The molecule has 3 aromatic rings. The highest BCUT2D eigenvalue weighted by atomic mass is 79.9. The van der Waals surface area contributed by atoms with Gasteiger partial charge in [-0.2, -0.15) is 0 Å². The van der Waals surface area contributed by atoms with Crippen molar-refractivity contribution in [1.82, 2.24) is 0 Å². The van der Waals surface area contributed by atoms with Gasteiger partial charge in [-0.05, 0) is 60.2 Å². The molecule has 0 saturated carbocycles. The van der Waals surface area contributed by atoms with Gasteiger partial charge in [0.1, 0.15) is 18.1 Å². The summed E-state index contributed by atoms with van der Waals surface area (Å²) in [4.78, 5) is 12.4. The summed E-state index contributed by atoms with van der Waals surface area (Å²) in [7, 11) is 1.59. The smallest absolute Gasteiger partial charge is 0.185 e. The van der Waals surface area contributed by atoms with E-state index >= 15 is 0 Å². The number of hydrogen-bond acceptors (Lipinski definition) is 3. The van der Waals surface area contributed by atoms with Gasteiger partial charge in [-0.15, -0.1) is 0 Å². The van der Waals surface area contributed by atoms with Gasteiger partial charge in [-0.3, -0.25) is 4.79 Å². The Bertz CT molecular complexity index is 1110. The van der Waals surface area contributed by atoms with Gasteiger partial charge in [0, 0.05) is 15.6 Å². The van der Waals surface area contributed by atoms with Crippen molar-refractivity contribution in [1.29, 1.82) is 0 Å². The molecule has 0 aliphatic rings. The van der Waals surface area contributed by atoms with E-state index in [1.807, 2.05) is 24.3 Å². The lowest BCUT2D eigenvalue weighted by atomic mass is 10.1. The zero-order valence-corrected chi connectivity index (χ0v) is 19.6. The van der Waals surface area contributed by atoms with E-state index in [1.54, 1.807) is 43.5 Å². The van der Waals surface area contributed by atoms with E-state index < -0.39 is 0 Å². The maximum atomic E-state index is 12.4. The Kier molecular flexibility index (Phi) is 7.84. The quantitative estimate of drug-likeness (QED) is 0.232. The predicted molar refractivity (Wildman–Crippen MR) is 126 cm³/mol. The van der Waals surface area contributed by atoms with Crippen LogP contribution < -0.4 is 9.47 Å². The van der Waals surface area contributed by atoms with Crippen molar-refractivity contribution in [3.63, 3.8) is 0 Å². The summed E-state index contributed by atoms with van der Waals surface area (Å²) >= 11 is 21.5. The second kappa shape index (κ2) is 10.4. The number of ketones is 1. The number of halogens is 4. The molecule has 3 rings (SSSR count). The molecular weight excluding hydrogens is 511 g/mol. The van der Waals surface area contributed by atoms with Crippen LogP contribution in [-0.4, -0.2) is 12.9 Å². The first-order valence-corrected chi connectivity index (χ1v) is 10.7. The molecule has 0 unspecified atom stereocenters. The lowest BCUT2D eigenvalue weighted by molar-refractivity contribution is 0.104. The van der Waals surface area contributed by atoms with Crippen molar-refractivity contribution in [3.8, 4) is 11.5 Å². The standard InChI is InChI=1S/C23H16BrCl3O3/c1-29-22-8-3-14(2-7-21(28)15-4-6-18(25)19(26)11-15)10-16(22)13-30-23-9-5-17(24)12-20(23)27/h2-12H,13H2,1H3/b7-2+. The number of benzene rings is 3. The van der Waals surface area contributed by atoms with E-state index in [0.29, 0.717) is 32.1 Å². The molecule has 0 aliphatic heterocycles. The molecule has 7 heteroatoms. The highest BCUT2D eigenvalue weighted by Gasteiger charge is 2.09. The number of ether oxygens (including phenoxy) is 2. The zero-order valence-electron chi connectivity index (χ0n) is 15.8. The molecule has 0 aliphatic carbocycles. The summed E-state index contributed by atoms with van der Waals surface area (Å²) in [5, 5.41) is 1.25. The lowest BCUT2D eigenvalue weighted by Crippen LogP contribution is -2.00. The van der Waals surface area contributed by atoms with E-state index in [2.05, 4.69) is 15.9 Å². The summed E-state index contributed by atoms with van der Waals surface area (Å²) in [5.41, 5.74) is 2.10. The van der Waals surface area contributed by atoms with Crippen LogP contribution in [0.1, 0.15) is 21.5 Å². The average molecular weight is 527 g/mol. The highest BCUT2D eigenvalue weighted by molar-refractivity contribution is 9.10. The van der Waals surface area contributed by atoms with Crippen LogP contribution in [0.2, 0.25) is 15.1 Å². The molecule has 0 radical (unpaired) electrons. The molecule has 0 N–H and O–H groups in total. The summed E-state index contributed by atoms with van der Waals surface area (Å²) < 4.78 is 12.1. The van der Waals surface area contributed by atoms with Gasteiger partial charge in [-0.1, -0.05) is 62.9 Å². The fourth-order valence-electron chi connectivity index (χ4n) is 2.68. The van der Waals surface area contributed by atoms with Crippen molar-refractivity contribution >= 4 is 62.6 Å². The van der Waals surface area contributed by atoms with Gasteiger partial charge < -0.3 is 9.47 Å². The van der Waals surface area contributed by atoms with E-state index in [-0.39, 0.29) is 12.4 Å². The second-order valence-electron chi connectivity index (χ2n) is 6.26. The Hall–Kier alpha value is -1.98. The minimum atomic E-state index is -0.177. The molecule has 30 heavy (non-hydrogen) atoms. The van der Waals surface area contributed by atoms with E-state index in [1.165, 1.54) is 6.08 Å². The molecule has 0 heterocycles. The third kappa shape index (κ3) is 5.79. The van der Waals surface area contributed by atoms with Crippen LogP contribution in [0.25, 0.3) is 6.08 Å². The molecule has 0 amide bonds. The van der Waals surface area contributed by atoms with Crippen molar-refractivity contribution < 1.29 is 14.3 Å². The molecule has 3 nitrogen and oxygen atoms in total. The Morgan fingerprint density at radius 2 is 1.70 bits per heavy atom. The molecule has 0 atom stereocenters. The van der Waals surface area contributed by atoms with Crippen molar-refractivity contribution in [3.05, 3.63) is 96.9 Å². The van der Waals surface area contributed by atoms with Crippen LogP contribution in [0, 0.1) is 0 Å². The van der Waals surface area contributed by atoms with Crippen LogP contribution >= 0.6 is 50.7 Å². The Balaban J connectivity index is 1.77. The molecular formula is C23H16BrCl3O3. The number of carbonyl (C=O) groups is 1. The molecule has 154 valence electrons. The summed E-state index contributed by atoms with van der Waals surface area (Å²) in [5.74, 6) is 1.07. The fraction of sp³-hybridized carbons (Fsp3) is 0.0870. The zero-order chi connectivity index (χ0) is 21.7. The predicted octanol–water partition coefficient (Wildman–Crippen LogP) is 7.89. The highest BCUT2D eigenvalue weighted by Crippen LogP contribution is 2.30. The third-order valence-electron chi connectivity index (χ3n) is 4.21. The topological polar surface area (TPSA) is 35.5 Å². The largest absolute Gasteiger partial charge is 0.496 e. The van der Waals surface area contributed by atoms with Gasteiger partial charge in [0.05, 0.1) is 22.2 Å². The molecule has 0 saturated heterocycles. The van der Waals surface area contributed by atoms with Gasteiger partial charge >= 0.3 is 0 Å². The third-order valence-corrected chi connectivity index (χ3v) is 5.74. The van der Waals surface area contributed by atoms with Crippen LogP contribution in [0.4, 0.5) is 0 Å². The molecule has 0 spiro atoms. The maximum Gasteiger partial charge on any atom is 0.185 e. The summed E-state index contributed by atoms with van der Waals surface area (Å²) in [6.45, 7) is 0.257. The van der Waals surface area contributed by atoms with Gasteiger partial charge in [0.15, 0.2) is 5.78 Å². The number of methoxy groups -OCH3 is 1. The first-order valence-electron chi connectivity index (χ1n) is 8.79. The SMILES string of the molecule is COc1ccc(/C=C/C(=O)c2ccc(Cl)c(Cl)c2)cc1COc1ccc(Br)cc1Cl. The van der Waals surface area contributed by atoms with Crippen molar-refractivity contribution in [2.45, 2.75) is 6.61 Å². The molecule has 0 fully saturated rings. The minimum absolute atomic E-state index is 0.177. The van der Waals surface area contributed by atoms with E-state index in [4.69, 9.17) is 44.3 Å². The van der Waals surface area contributed by atoms with Crippen LogP contribution in [0.15, 0.2) is 65.1 Å². The molecule has 0 bridgehead atoms. The van der Waals surface area contributed by atoms with Crippen molar-refractivity contribution in [2.24, 2.45) is 0 Å². The number of rotatable bonds is 7. The number of hydrogen-bond donors (Lipinski definition) is 0. The Labute approximate surface area is 198 Å². The van der Waals surface area contributed by atoms with Gasteiger partial charge in [0.2, 0.25) is 0 Å². The lowest BCUT2D eigenvalue weighted by Gasteiger charge is -2.12. The normalized spacial score (nSPS) is 11.0. The first-order chi connectivity index (χ1) is 14.4. The maximum absolute atomic E-state index is 12.4. The van der Waals surface area contributed by atoms with Gasteiger partial charge in [-0.25, -0.2) is 0 Å². The van der Waals surface area contributed by atoms with E-state index in [9.17, 15) is 4.79 Å². The van der Waals surface area contributed by atoms with Gasteiger partial charge in [0.25, 0.3) is 0 Å². The van der Waals surface area contributed by atoms with Crippen molar-refractivity contribution in [2.75, 3.05) is 7.11 Å².